The molecule has 25 heavy (non-hydrogen) atoms. The summed E-state index contributed by atoms with van der Waals surface area (Å²) in [5.74, 6) is 0.461. The van der Waals surface area contributed by atoms with Crippen LogP contribution in [0.4, 0.5) is 11.5 Å². The van der Waals surface area contributed by atoms with Crippen molar-refractivity contribution in [3.63, 3.8) is 0 Å². The van der Waals surface area contributed by atoms with Crippen LogP contribution in [0.5, 0.6) is 0 Å². The van der Waals surface area contributed by atoms with Gasteiger partial charge in [-0.25, -0.2) is 4.98 Å². The topological polar surface area (TPSA) is 74.3 Å². The summed E-state index contributed by atoms with van der Waals surface area (Å²) < 4.78 is 0. The Morgan fingerprint density at radius 2 is 1.80 bits per heavy atom. The maximum atomic E-state index is 12.4. The molecule has 0 saturated carbocycles. The zero-order valence-electron chi connectivity index (χ0n) is 15.0. The summed E-state index contributed by atoms with van der Waals surface area (Å²) >= 11 is 0. The zero-order valence-corrected chi connectivity index (χ0v) is 15.0. The Hall–Kier alpha value is -2.89. The molecule has 1 atom stereocenters. The van der Waals surface area contributed by atoms with Crippen LogP contribution in [0.2, 0.25) is 0 Å². The fraction of sp³-hybridized carbons (Fsp3) is 0.316. The first-order chi connectivity index (χ1) is 11.8. The number of nitrogens with zero attached hydrogens (tertiary/aromatic N) is 2. The standard InChI is InChI=1S/C19H24N4O2/c1-13-5-7-15(8-6-13)17(21-14(2)24)11-19(25)22-16-9-10-18(20-12-16)23(3)4/h5-10,12,17H,11H2,1-4H3,(H,21,24)(H,22,25)/t17-/m0/s1. The molecule has 2 N–H and O–H groups in total. The van der Waals surface area contributed by atoms with Gasteiger partial charge in [0.05, 0.1) is 24.3 Å². The number of hydrogen-bond donors (Lipinski definition) is 2. The van der Waals surface area contributed by atoms with Gasteiger partial charge in [-0.1, -0.05) is 29.8 Å². The van der Waals surface area contributed by atoms with Gasteiger partial charge in [0.2, 0.25) is 11.8 Å². The monoisotopic (exact) mass is 340 g/mol. The fourth-order valence-corrected chi connectivity index (χ4v) is 2.42. The molecule has 6 nitrogen and oxygen atoms in total. The highest BCUT2D eigenvalue weighted by molar-refractivity contribution is 5.91. The van der Waals surface area contributed by atoms with Gasteiger partial charge in [-0.2, -0.15) is 0 Å². The Kier molecular flexibility index (Phi) is 6.11. The number of pyridine rings is 1. The number of rotatable bonds is 6. The highest BCUT2D eigenvalue weighted by atomic mass is 16.2. The largest absolute Gasteiger partial charge is 0.363 e. The number of carbonyl (C=O) groups is 2. The lowest BCUT2D eigenvalue weighted by Gasteiger charge is -2.18. The van der Waals surface area contributed by atoms with Crippen molar-refractivity contribution < 1.29 is 9.59 Å². The molecule has 2 aromatic rings. The Bertz CT molecular complexity index is 724. The lowest BCUT2D eigenvalue weighted by atomic mass is 10.0. The summed E-state index contributed by atoms with van der Waals surface area (Å²) in [7, 11) is 3.81. The molecule has 0 spiro atoms. The average molecular weight is 340 g/mol. The van der Waals surface area contributed by atoms with E-state index >= 15 is 0 Å². The first kappa shape index (κ1) is 18.4. The summed E-state index contributed by atoms with van der Waals surface area (Å²) in [5.41, 5.74) is 2.65. The first-order valence-corrected chi connectivity index (χ1v) is 8.12. The quantitative estimate of drug-likeness (QED) is 0.848. The van der Waals surface area contributed by atoms with Crippen LogP contribution in [-0.4, -0.2) is 30.9 Å². The van der Waals surface area contributed by atoms with Gasteiger partial charge in [-0.15, -0.1) is 0 Å². The van der Waals surface area contributed by atoms with Gasteiger partial charge < -0.3 is 15.5 Å². The van der Waals surface area contributed by atoms with Gasteiger partial charge >= 0.3 is 0 Å². The van der Waals surface area contributed by atoms with E-state index in [9.17, 15) is 9.59 Å². The highest BCUT2D eigenvalue weighted by Gasteiger charge is 2.17. The smallest absolute Gasteiger partial charge is 0.226 e. The van der Waals surface area contributed by atoms with E-state index in [2.05, 4.69) is 15.6 Å². The maximum Gasteiger partial charge on any atom is 0.226 e. The molecule has 0 radical (unpaired) electrons. The van der Waals surface area contributed by atoms with E-state index in [1.165, 1.54) is 6.92 Å². The second-order valence-electron chi connectivity index (χ2n) is 6.22. The van der Waals surface area contributed by atoms with Crippen molar-refractivity contribution in [1.82, 2.24) is 10.3 Å². The van der Waals surface area contributed by atoms with E-state index in [4.69, 9.17) is 0 Å². The lowest BCUT2D eigenvalue weighted by molar-refractivity contribution is -0.120. The van der Waals surface area contributed by atoms with E-state index in [1.54, 1.807) is 12.3 Å². The molecule has 1 aromatic heterocycles. The second kappa shape index (κ2) is 8.28. The Morgan fingerprint density at radius 1 is 1.12 bits per heavy atom. The molecule has 1 heterocycles. The molecule has 0 bridgehead atoms. The summed E-state index contributed by atoms with van der Waals surface area (Å²) in [6, 6.07) is 11.1. The molecule has 0 saturated heterocycles. The van der Waals surface area contributed by atoms with Crippen LogP contribution in [-0.2, 0) is 9.59 Å². The van der Waals surface area contributed by atoms with Crippen molar-refractivity contribution in [2.75, 3.05) is 24.3 Å². The van der Waals surface area contributed by atoms with Gasteiger partial charge in [0.1, 0.15) is 5.82 Å². The van der Waals surface area contributed by atoms with E-state index in [-0.39, 0.29) is 24.3 Å². The first-order valence-electron chi connectivity index (χ1n) is 8.12. The van der Waals surface area contributed by atoms with Gasteiger partial charge in [0, 0.05) is 21.0 Å². The minimum Gasteiger partial charge on any atom is -0.363 e. The van der Waals surface area contributed by atoms with Crippen molar-refractivity contribution >= 4 is 23.3 Å². The Labute approximate surface area is 148 Å². The molecule has 2 amide bonds. The molecule has 132 valence electrons. The minimum atomic E-state index is -0.368. The summed E-state index contributed by atoms with van der Waals surface area (Å²) in [6.45, 7) is 3.44. The highest BCUT2D eigenvalue weighted by Crippen LogP contribution is 2.19. The third kappa shape index (κ3) is 5.60. The van der Waals surface area contributed by atoms with Gasteiger partial charge in [0.15, 0.2) is 0 Å². The molecular weight excluding hydrogens is 316 g/mol. The van der Waals surface area contributed by atoms with E-state index < -0.39 is 0 Å². The van der Waals surface area contributed by atoms with Crippen molar-refractivity contribution in [1.29, 1.82) is 0 Å². The number of anilines is 2. The number of benzene rings is 1. The number of carbonyl (C=O) groups excluding carboxylic acids is 2. The van der Waals surface area contributed by atoms with Gasteiger partial charge in [0.25, 0.3) is 0 Å². The third-order valence-electron chi connectivity index (χ3n) is 3.74. The maximum absolute atomic E-state index is 12.4. The molecule has 0 aliphatic heterocycles. The van der Waals surface area contributed by atoms with Crippen LogP contribution in [0.1, 0.15) is 30.5 Å². The lowest BCUT2D eigenvalue weighted by Crippen LogP contribution is -2.29. The number of hydrogen-bond acceptors (Lipinski definition) is 4. The van der Waals surface area contributed by atoms with Gasteiger partial charge in [-0.3, -0.25) is 9.59 Å². The van der Waals surface area contributed by atoms with Crippen molar-refractivity contribution in [2.24, 2.45) is 0 Å². The van der Waals surface area contributed by atoms with Crippen LogP contribution >= 0.6 is 0 Å². The predicted octanol–water partition coefficient (Wildman–Crippen LogP) is 2.66. The van der Waals surface area contributed by atoms with Crippen LogP contribution < -0.4 is 15.5 Å². The summed E-state index contributed by atoms with van der Waals surface area (Å²) in [6.07, 6.45) is 1.77. The number of aryl methyl sites for hydroxylation is 1. The molecule has 2 rings (SSSR count). The fourth-order valence-electron chi connectivity index (χ4n) is 2.42. The van der Waals surface area contributed by atoms with Crippen LogP contribution in [0.25, 0.3) is 0 Å². The molecule has 0 aliphatic rings. The second-order valence-corrected chi connectivity index (χ2v) is 6.22. The number of aromatic nitrogens is 1. The molecule has 0 aliphatic carbocycles. The number of amides is 2. The summed E-state index contributed by atoms with van der Waals surface area (Å²) in [4.78, 5) is 30.0. The van der Waals surface area contributed by atoms with Crippen molar-refractivity contribution in [3.05, 3.63) is 53.7 Å². The zero-order chi connectivity index (χ0) is 18.4. The normalized spacial score (nSPS) is 11.5. The van der Waals surface area contributed by atoms with E-state index in [0.29, 0.717) is 5.69 Å². The number of nitrogens with one attached hydrogen (secondary N) is 2. The molecule has 6 heteroatoms. The van der Waals surface area contributed by atoms with Crippen LogP contribution in [0, 0.1) is 6.92 Å². The van der Waals surface area contributed by atoms with Crippen molar-refractivity contribution in [3.8, 4) is 0 Å². The van der Waals surface area contributed by atoms with Gasteiger partial charge in [-0.05, 0) is 24.6 Å². The summed E-state index contributed by atoms with van der Waals surface area (Å²) in [5, 5.41) is 5.66. The molecular formula is C19H24N4O2. The van der Waals surface area contributed by atoms with Crippen LogP contribution in [0.3, 0.4) is 0 Å². The molecule has 0 fully saturated rings. The third-order valence-corrected chi connectivity index (χ3v) is 3.74. The minimum absolute atomic E-state index is 0.151. The average Bonchev–Trinajstić information content (AvgIpc) is 2.55. The Morgan fingerprint density at radius 3 is 2.32 bits per heavy atom. The van der Waals surface area contributed by atoms with Crippen molar-refractivity contribution in [2.45, 2.75) is 26.3 Å². The van der Waals surface area contributed by atoms with E-state index in [1.807, 2.05) is 56.3 Å². The molecule has 0 unspecified atom stereocenters. The molecule has 1 aromatic carbocycles. The van der Waals surface area contributed by atoms with Crippen LogP contribution in [0.15, 0.2) is 42.6 Å². The Balaban J connectivity index is 2.05. The van der Waals surface area contributed by atoms with E-state index in [0.717, 1.165) is 16.9 Å². The SMILES string of the molecule is CC(=O)N[C@@H](CC(=O)Nc1ccc(N(C)C)nc1)c1ccc(C)cc1. The predicted molar refractivity (Wildman–Crippen MR) is 99.5 cm³/mol.